The van der Waals surface area contributed by atoms with Crippen molar-refractivity contribution in [2.24, 2.45) is 0 Å². The fraction of sp³-hybridized carbons (Fsp3) is 0.235. The summed E-state index contributed by atoms with van der Waals surface area (Å²) in [5, 5.41) is 19.6. The van der Waals surface area contributed by atoms with Crippen LogP contribution in [-0.2, 0) is 0 Å². The molecule has 8 heteroatoms. The maximum absolute atomic E-state index is 12.5. The Morgan fingerprint density at radius 3 is 2.80 bits per heavy atom. The minimum absolute atomic E-state index is 0.0531. The fourth-order valence-corrected chi connectivity index (χ4v) is 2.63. The summed E-state index contributed by atoms with van der Waals surface area (Å²) < 4.78 is 5.74. The minimum Gasteiger partial charge on any atom is -0.472 e. The molecule has 1 atom stereocenters. The zero-order valence-electron chi connectivity index (χ0n) is 13.2. The van der Waals surface area contributed by atoms with Gasteiger partial charge in [0, 0.05) is 42.9 Å². The zero-order chi connectivity index (χ0) is 17.8. The molecule has 0 spiro atoms. The van der Waals surface area contributed by atoms with E-state index >= 15 is 0 Å². The van der Waals surface area contributed by atoms with E-state index in [9.17, 15) is 14.9 Å². The minimum atomic E-state index is -0.504. The number of aromatic nitrogens is 1. The third-order valence-electron chi connectivity index (χ3n) is 3.91. The summed E-state index contributed by atoms with van der Waals surface area (Å²) in [6, 6.07) is 10.7. The molecule has 1 aliphatic rings. The van der Waals surface area contributed by atoms with Crippen LogP contribution >= 0.6 is 0 Å². The summed E-state index contributed by atoms with van der Waals surface area (Å²) in [5.41, 5.74) is 0.806. The first-order chi connectivity index (χ1) is 12.1. The first-order valence-electron chi connectivity index (χ1n) is 7.63. The molecule has 0 aliphatic carbocycles. The smallest absolute Gasteiger partial charge is 0.269 e. The number of rotatable bonds is 4. The van der Waals surface area contributed by atoms with Gasteiger partial charge in [0.2, 0.25) is 5.88 Å². The van der Waals surface area contributed by atoms with E-state index in [2.05, 4.69) is 4.98 Å². The Kier molecular flexibility index (Phi) is 4.57. The Labute approximate surface area is 143 Å². The van der Waals surface area contributed by atoms with Gasteiger partial charge in [-0.15, -0.1) is 0 Å². The second-order valence-electron chi connectivity index (χ2n) is 5.58. The van der Waals surface area contributed by atoms with Gasteiger partial charge in [0.1, 0.15) is 6.10 Å². The van der Waals surface area contributed by atoms with Crippen LogP contribution in [0, 0.1) is 21.4 Å². The Balaban J connectivity index is 1.62. The average Bonchev–Trinajstić information content (AvgIpc) is 3.09. The van der Waals surface area contributed by atoms with Gasteiger partial charge in [-0.3, -0.25) is 14.9 Å². The number of benzene rings is 1. The van der Waals surface area contributed by atoms with E-state index in [0.29, 0.717) is 36.5 Å². The number of carbonyl (C=O) groups excluding carboxylic acids is 1. The van der Waals surface area contributed by atoms with Crippen molar-refractivity contribution in [3.63, 3.8) is 0 Å². The summed E-state index contributed by atoms with van der Waals surface area (Å²) in [4.78, 5) is 28.3. The van der Waals surface area contributed by atoms with Crippen molar-refractivity contribution in [2.75, 3.05) is 13.1 Å². The molecule has 1 aliphatic heterocycles. The lowest BCUT2D eigenvalue weighted by Crippen LogP contribution is -2.31. The molecule has 0 bridgehead atoms. The van der Waals surface area contributed by atoms with Gasteiger partial charge in [0.25, 0.3) is 11.6 Å². The normalized spacial score (nSPS) is 16.3. The van der Waals surface area contributed by atoms with E-state index in [1.54, 1.807) is 17.0 Å². The van der Waals surface area contributed by atoms with Crippen molar-refractivity contribution in [2.45, 2.75) is 12.5 Å². The van der Waals surface area contributed by atoms with Gasteiger partial charge >= 0.3 is 0 Å². The van der Waals surface area contributed by atoms with E-state index in [-0.39, 0.29) is 17.7 Å². The van der Waals surface area contributed by atoms with Crippen LogP contribution in [0.3, 0.4) is 0 Å². The third-order valence-corrected chi connectivity index (χ3v) is 3.91. The van der Waals surface area contributed by atoms with Gasteiger partial charge in [-0.2, -0.15) is 5.26 Å². The summed E-state index contributed by atoms with van der Waals surface area (Å²) in [5.74, 6) is 0.161. The Morgan fingerprint density at radius 2 is 2.12 bits per heavy atom. The molecule has 1 saturated heterocycles. The molecule has 2 aromatic rings. The average molecular weight is 338 g/mol. The number of nitro benzene ring substituents is 1. The molecule has 1 aromatic carbocycles. The van der Waals surface area contributed by atoms with Crippen molar-refractivity contribution in [1.82, 2.24) is 9.88 Å². The number of nitro groups is 1. The number of ether oxygens (including phenoxy) is 1. The summed E-state index contributed by atoms with van der Waals surface area (Å²) in [6.45, 7) is 0.923. The number of hydrogen-bond donors (Lipinski definition) is 0. The number of amides is 1. The largest absolute Gasteiger partial charge is 0.472 e. The van der Waals surface area contributed by atoms with Crippen LogP contribution in [0.2, 0.25) is 0 Å². The van der Waals surface area contributed by atoms with E-state index in [1.165, 1.54) is 30.5 Å². The van der Waals surface area contributed by atoms with Crippen LogP contribution in [0.25, 0.3) is 0 Å². The summed E-state index contributed by atoms with van der Waals surface area (Å²) in [6.07, 6.45) is 1.95. The highest BCUT2D eigenvalue weighted by atomic mass is 16.6. The second kappa shape index (κ2) is 6.97. The van der Waals surface area contributed by atoms with Gasteiger partial charge < -0.3 is 9.64 Å². The highest BCUT2D eigenvalue weighted by Gasteiger charge is 2.28. The van der Waals surface area contributed by atoms with Gasteiger partial charge in [0.05, 0.1) is 23.1 Å². The number of hydrogen-bond acceptors (Lipinski definition) is 6. The molecular weight excluding hydrogens is 324 g/mol. The quantitative estimate of drug-likeness (QED) is 0.624. The number of likely N-dealkylation sites (tertiary alicyclic amines) is 1. The topological polar surface area (TPSA) is 109 Å². The van der Waals surface area contributed by atoms with Crippen molar-refractivity contribution < 1.29 is 14.5 Å². The number of carbonyl (C=O) groups is 1. The lowest BCUT2D eigenvalue weighted by atomic mass is 10.2. The van der Waals surface area contributed by atoms with Crippen molar-refractivity contribution in [3.05, 3.63) is 63.8 Å². The number of nitriles is 1. The van der Waals surface area contributed by atoms with Crippen molar-refractivity contribution >= 4 is 11.6 Å². The number of non-ortho nitro benzene ring substituents is 1. The first-order valence-corrected chi connectivity index (χ1v) is 7.63. The maximum Gasteiger partial charge on any atom is 0.269 e. The van der Waals surface area contributed by atoms with Crippen LogP contribution in [0.15, 0.2) is 42.6 Å². The van der Waals surface area contributed by atoms with Crippen LogP contribution in [0.1, 0.15) is 22.3 Å². The third kappa shape index (κ3) is 3.72. The number of nitrogens with zero attached hydrogens (tertiary/aromatic N) is 4. The molecule has 0 radical (unpaired) electrons. The van der Waals surface area contributed by atoms with E-state index in [0.717, 1.165) is 0 Å². The Morgan fingerprint density at radius 1 is 1.36 bits per heavy atom. The SMILES string of the molecule is N#Cc1ccnc(OC2CCN(C(=O)c3ccc([N+](=O)[O-])cc3)C2)c1. The van der Waals surface area contributed by atoms with Crippen molar-refractivity contribution in [1.29, 1.82) is 5.26 Å². The molecule has 1 amide bonds. The fourth-order valence-electron chi connectivity index (χ4n) is 2.63. The summed E-state index contributed by atoms with van der Waals surface area (Å²) >= 11 is 0. The van der Waals surface area contributed by atoms with E-state index in [1.807, 2.05) is 6.07 Å². The monoisotopic (exact) mass is 338 g/mol. The Bertz CT molecular complexity index is 844. The molecule has 0 saturated carbocycles. The lowest BCUT2D eigenvalue weighted by Gasteiger charge is -2.17. The molecule has 1 aromatic heterocycles. The second-order valence-corrected chi connectivity index (χ2v) is 5.58. The van der Waals surface area contributed by atoms with Crippen molar-refractivity contribution in [3.8, 4) is 11.9 Å². The molecule has 25 heavy (non-hydrogen) atoms. The predicted octanol–water partition coefficient (Wildman–Crippen LogP) is 2.15. The summed E-state index contributed by atoms with van der Waals surface area (Å²) in [7, 11) is 0. The molecule has 3 rings (SSSR count). The van der Waals surface area contributed by atoms with Gasteiger partial charge in [-0.1, -0.05) is 0 Å². The number of pyridine rings is 1. The highest BCUT2D eigenvalue weighted by molar-refractivity contribution is 5.94. The zero-order valence-corrected chi connectivity index (χ0v) is 13.2. The van der Waals surface area contributed by atoms with Crippen LogP contribution in [0.5, 0.6) is 5.88 Å². The Hall–Kier alpha value is -3.47. The van der Waals surface area contributed by atoms with Crippen LogP contribution < -0.4 is 4.74 Å². The highest BCUT2D eigenvalue weighted by Crippen LogP contribution is 2.20. The van der Waals surface area contributed by atoms with Gasteiger partial charge in [-0.25, -0.2) is 4.98 Å². The van der Waals surface area contributed by atoms with E-state index < -0.39 is 4.92 Å². The lowest BCUT2D eigenvalue weighted by molar-refractivity contribution is -0.384. The molecule has 126 valence electrons. The standard InChI is InChI=1S/C17H14N4O4/c18-10-12-5-7-19-16(9-12)25-15-6-8-20(11-15)17(22)13-1-3-14(4-2-13)21(23)24/h1-5,7,9,15H,6,8,11H2. The van der Waals surface area contributed by atoms with Gasteiger partial charge in [-0.05, 0) is 18.2 Å². The molecule has 8 nitrogen and oxygen atoms in total. The van der Waals surface area contributed by atoms with Crippen LogP contribution in [0.4, 0.5) is 5.69 Å². The molecular formula is C17H14N4O4. The predicted molar refractivity (Wildman–Crippen MR) is 87.0 cm³/mol. The first kappa shape index (κ1) is 16.4. The molecule has 1 unspecified atom stereocenters. The van der Waals surface area contributed by atoms with E-state index in [4.69, 9.17) is 10.00 Å². The van der Waals surface area contributed by atoms with Gasteiger partial charge in [0.15, 0.2) is 0 Å². The maximum atomic E-state index is 12.5. The van der Waals surface area contributed by atoms with Crippen LogP contribution in [-0.4, -0.2) is 39.9 Å². The molecule has 1 fully saturated rings. The molecule has 0 N–H and O–H groups in total. The molecule has 2 heterocycles.